The van der Waals surface area contributed by atoms with Gasteiger partial charge in [-0.1, -0.05) is 194 Å². The second-order valence-electron chi connectivity index (χ2n) is 14.7. The third-order valence-corrected chi connectivity index (χ3v) is 9.23. The molecule has 0 aliphatic rings. The van der Waals surface area contributed by atoms with Crippen LogP contribution in [0, 0.1) is 0 Å². The Morgan fingerprint density at radius 3 is 0.941 bits per heavy atom. The van der Waals surface area contributed by atoms with Crippen LogP contribution in [0.1, 0.15) is 239 Å². The topological polar surface area (TPSA) is 127 Å². The third kappa shape index (κ3) is 48.0. The second-order valence-corrected chi connectivity index (χ2v) is 14.7. The molecule has 1 unspecified atom stereocenters. The van der Waals surface area contributed by atoms with E-state index in [1.54, 1.807) is 0 Å². The van der Waals surface area contributed by atoms with Gasteiger partial charge < -0.3 is 19.7 Å². The summed E-state index contributed by atoms with van der Waals surface area (Å²) in [4.78, 5) is 44.4. The van der Waals surface area contributed by atoms with Crippen LogP contribution in [0.5, 0.6) is 0 Å². The zero-order chi connectivity index (χ0) is 38.0. The van der Waals surface area contributed by atoms with E-state index in [4.69, 9.17) is 14.9 Å². The third-order valence-electron chi connectivity index (χ3n) is 9.23. The van der Waals surface area contributed by atoms with Crippen molar-refractivity contribution in [2.24, 2.45) is 0 Å². The smallest absolute Gasteiger partial charge is 0.313 e. The molecule has 0 aromatic carbocycles. The van der Waals surface area contributed by atoms with Crippen LogP contribution >= 0.6 is 0 Å². The number of carboxylic acid groups (broad SMARTS) is 1. The summed E-state index contributed by atoms with van der Waals surface area (Å²) in [6.45, 7) is 5.95. The zero-order valence-electron chi connectivity index (χ0n) is 33.7. The van der Waals surface area contributed by atoms with Crippen LogP contribution in [0.2, 0.25) is 0 Å². The Bertz CT molecular complexity index is 738. The van der Waals surface area contributed by atoms with E-state index in [2.05, 4.69) is 18.6 Å². The highest BCUT2D eigenvalue weighted by Gasteiger charge is 2.10. The van der Waals surface area contributed by atoms with Gasteiger partial charge in [-0.05, 0) is 19.8 Å². The van der Waals surface area contributed by atoms with Crippen LogP contribution in [-0.2, 0) is 28.7 Å². The zero-order valence-corrected chi connectivity index (χ0v) is 33.7. The van der Waals surface area contributed by atoms with Crippen molar-refractivity contribution in [3.63, 3.8) is 0 Å². The number of carboxylic acids is 1. The van der Waals surface area contributed by atoms with Crippen LogP contribution in [0.4, 0.5) is 0 Å². The highest BCUT2D eigenvalue weighted by molar-refractivity contribution is 5.85. The molecule has 8 nitrogen and oxygen atoms in total. The van der Waals surface area contributed by atoms with E-state index in [9.17, 15) is 19.2 Å². The van der Waals surface area contributed by atoms with Crippen molar-refractivity contribution in [2.45, 2.75) is 245 Å². The first-order valence-corrected chi connectivity index (χ1v) is 21.5. The minimum absolute atomic E-state index is 0.0849. The fraction of sp³-hybridized carbons (Fsp3) is 0.907. The molecule has 0 rings (SSSR count). The van der Waals surface area contributed by atoms with Crippen molar-refractivity contribution in [3.05, 3.63) is 0 Å². The molecule has 2 N–H and O–H groups in total. The normalized spacial score (nSPS) is 11.5. The molecule has 0 bridgehead atoms. The number of aliphatic hydroxyl groups is 1. The van der Waals surface area contributed by atoms with E-state index in [1.165, 1.54) is 174 Å². The molecule has 0 aromatic heterocycles. The lowest BCUT2D eigenvalue weighted by Gasteiger charge is -2.05. The predicted octanol–water partition coefficient (Wildman–Crippen LogP) is 12.4. The summed E-state index contributed by atoms with van der Waals surface area (Å²) in [6.07, 6.45) is 39.0. The van der Waals surface area contributed by atoms with Crippen LogP contribution in [-0.4, -0.2) is 46.8 Å². The molecule has 0 heterocycles. The Kier molecular flexibility index (Phi) is 42.6. The first kappa shape index (κ1) is 51.1. The van der Waals surface area contributed by atoms with Gasteiger partial charge in [0.1, 0.15) is 6.61 Å². The second kappa shape index (κ2) is 42.5. The number of unbranched alkanes of at least 4 members (excludes halogenated alkanes) is 28. The van der Waals surface area contributed by atoms with Gasteiger partial charge in [0.2, 0.25) is 0 Å². The highest BCUT2D eigenvalue weighted by Crippen LogP contribution is 2.16. The Hall–Kier alpha value is -1.96. The summed E-state index contributed by atoms with van der Waals surface area (Å²) in [5, 5.41) is 16.9. The molecule has 0 aliphatic heterocycles. The SMILES string of the molecule is CC(O)COC(=O)CCC(=O)O.CCCCCCCCCCCCCCCCCC(=O)OC(=O)CCCCCCCCCCCCCCCCC. The number of aliphatic hydroxyl groups excluding tert-OH is 1. The number of esters is 3. The van der Waals surface area contributed by atoms with Crippen molar-refractivity contribution < 1.29 is 38.9 Å². The van der Waals surface area contributed by atoms with E-state index in [-0.39, 0.29) is 31.4 Å². The van der Waals surface area contributed by atoms with Gasteiger partial charge in [0.05, 0.1) is 18.9 Å². The number of aliphatic carboxylic acids is 1. The molecule has 302 valence electrons. The Labute approximate surface area is 314 Å². The van der Waals surface area contributed by atoms with E-state index in [1.807, 2.05) is 0 Å². The quantitative estimate of drug-likeness (QED) is 0.0368. The summed E-state index contributed by atoms with van der Waals surface area (Å²) in [6, 6.07) is 0. The number of rotatable bonds is 37. The molecular formula is C43H82O8. The van der Waals surface area contributed by atoms with E-state index in [0.29, 0.717) is 12.8 Å². The summed E-state index contributed by atoms with van der Waals surface area (Å²) in [5.41, 5.74) is 0. The molecule has 0 fully saturated rings. The van der Waals surface area contributed by atoms with Crippen LogP contribution in [0.25, 0.3) is 0 Å². The van der Waals surface area contributed by atoms with Crippen molar-refractivity contribution in [1.29, 1.82) is 0 Å². The number of ether oxygens (including phenoxy) is 2. The molecule has 0 amide bonds. The van der Waals surface area contributed by atoms with Gasteiger partial charge in [0, 0.05) is 12.8 Å². The van der Waals surface area contributed by atoms with Crippen LogP contribution < -0.4 is 0 Å². The summed E-state index contributed by atoms with van der Waals surface area (Å²) < 4.78 is 9.51. The fourth-order valence-corrected chi connectivity index (χ4v) is 6.01. The average molecular weight is 727 g/mol. The fourth-order valence-electron chi connectivity index (χ4n) is 6.01. The van der Waals surface area contributed by atoms with Gasteiger partial charge in [0.25, 0.3) is 0 Å². The van der Waals surface area contributed by atoms with E-state index < -0.39 is 18.0 Å². The monoisotopic (exact) mass is 727 g/mol. The van der Waals surface area contributed by atoms with Crippen molar-refractivity contribution >= 4 is 23.9 Å². The standard InChI is InChI=1S/C36H70O3.C7H12O5/c1-3-5-7-9-11-13-15-17-19-21-23-25-27-29-31-33-35(37)39-36(38)34-32-30-28-26-24-22-20-18-16-14-12-10-8-6-4-2;1-5(8)4-12-7(11)3-2-6(9)10/h3-34H2,1-2H3;5,8H,2-4H2,1H3,(H,9,10). The molecule has 8 heteroatoms. The maximum Gasteiger partial charge on any atom is 0.313 e. The van der Waals surface area contributed by atoms with Gasteiger partial charge >= 0.3 is 23.9 Å². The first-order valence-electron chi connectivity index (χ1n) is 21.5. The van der Waals surface area contributed by atoms with Crippen molar-refractivity contribution in [2.75, 3.05) is 6.61 Å². The molecular weight excluding hydrogens is 644 g/mol. The highest BCUT2D eigenvalue weighted by atomic mass is 16.6. The molecule has 1 atom stereocenters. The number of hydrogen-bond acceptors (Lipinski definition) is 7. The molecule has 0 saturated carbocycles. The molecule has 0 saturated heterocycles. The molecule has 0 aliphatic carbocycles. The molecule has 51 heavy (non-hydrogen) atoms. The lowest BCUT2D eigenvalue weighted by Crippen LogP contribution is -2.15. The predicted molar refractivity (Wildman–Crippen MR) is 210 cm³/mol. The number of hydrogen-bond donors (Lipinski definition) is 2. The lowest BCUT2D eigenvalue weighted by molar-refractivity contribution is -0.159. The summed E-state index contributed by atoms with van der Waals surface area (Å²) >= 11 is 0. The van der Waals surface area contributed by atoms with E-state index >= 15 is 0 Å². The number of carbonyl (C=O) groups is 4. The average Bonchev–Trinajstić information content (AvgIpc) is 3.10. The first-order chi connectivity index (χ1) is 24.7. The van der Waals surface area contributed by atoms with Crippen LogP contribution in [0.3, 0.4) is 0 Å². The number of carbonyl (C=O) groups excluding carboxylic acids is 3. The van der Waals surface area contributed by atoms with Crippen molar-refractivity contribution in [3.8, 4) is 0 Å². The van der Waals surface area contributed by atoms with Gasteiger partial charge in [-0.3, -0.25) is 19.2 Å². The maximum atomic E-state index is 11.9. The molecule has 0 aromatic rings. The Morgan fingerprint density at radius 1 is 0.412 bits per heavy atom. The largest absolute Gasteiger partial charge is 0.481 e. The van der Waals surface area contributed by atoms with Crippen LogP contribution in [0.15, 0.2) is 0 Å². The van der Waals surface area contributed by atoms with Gasteiger partial charge in [-0.15, -0.1) is 0 Å². The molecule has 0 spiro atoms. The Morgan fingerprint density at radius 2 is 0.686 bits per heavy atom. The minimum Gasteiger partial charge on any atom is -0.481 e. The van der Waals surface area contributed by atoms with Gasteiger partial charge in [-0.2, -0.15) is 0 Å². The minimum atomic E-state index is -1.04. The lowest BCUT2D eigenvalue weighted by atomic mass is 10.0. The molecule has 0 radical (unpaired) electrons. The van der Waals surface area contributed by atoms with Crippen molar-refractivity contribution in [1.82, 2.24) is 0 Å². The summed E-state index contributed by atoms with van der Waals surface area (Å²) in [5.74, 6) is -2.28. The van der Waals surface area contributed by atoms with Gasteiger partial charge in [-0.25, -0.2) is 0 Å². The van der Waals surface area contributed by atoms with Gasteiger partial charge in [0.15, 0.2) is 0 Å². The summed E-state index contributed by atoms with van der Waals surface area (Å²) in [7, 11) is 0. The Balaban J connectivity index is 0. The van der Waals surface area contributed by atoms with E-state index in [0.717, 1.165) is 25.7 Å². The maximum absolute atomic E-state index is 11.9.